The van der Waals surface area contributed by atoms with Crippen molar-refractivity contribution in [3.05, 3.63) is 241 Å². The Morgan fingerprint density at radius 3 is 0.786 bits per heavy atom. The Balaban J connectivity index is 0.869. The first kappa shape index (κ1) is 35.5. The van der Waals surface area contributed by atoms with Crippen LogP contribution in [0.5, 0.6) is 0 Å². The number of nitrogens with zero attached hydrogens (tertiary/aromatic N) is 4. The molecule has 8 rings (SSSR count). The van der Waals surface area contributed by atoms with Gasteiger partial charge in [0, 0.05) is 46.6 Å². The summed E-state index contributed by atoms with van der Waals surface area (Å²) in [6.07, 6.45) is 8.06. The van der Waals surface area contributed by atoms with Crippen LogP contribution in [0.1, 0.15) is 22.3 Å². The van der Waals surface area contributed by atoms with Gasteiger partial charge >= 0.3 is 0 Å². The summed E-state index contributed by atoms with van der Waals surface area (Å²) in [6.45, 7) is 0. The molecule has 4 heteroatoms. The van der Waals surface area contributed by atoms with E-state index in [9.17, 15) is 0 Å². The summed E-state index contributed by atoms with van der Waals surface area (Å²) in [5.74, 6) is 0. The maximum absolute atomic E-state index is 4.73. The van der Waals surface area contributed by atoms with E-state index in [2.05, 4.69) is 192 Å². The minimum Gasteiger partial charge on any atom is -0.311 e. The fraction of sp³-hybridized carbons (Fsp3) is 0. The van der Waals surface area contributed by atoms with Crippen molar-refractivity contribution in [3.63, 3.8) is 0 Å². The first-order chi connectivity index (χ1) is 27.7. The van der Waals surface area contributed by atoms with Crippen LogP contribution in [0.25, 0.3) is 12.2 Å². The van der Waals surface area contributed by atoms with Crippen LogP contribution in [0.4, 0.5) is 45.5 Å². The van der Waals surface area contributed by atoms with Crippen molar-refractivity contribution in [1.29, 1.82) is 0 Å². The largest absolute Gasteiger partial charge is 0.311 e. The summed E-state index contributed by atoms with van der Waals surface area (Å²) in [5, 5.41) is 0. The van der Waals surface area contributed by atoms with Crippen LogP contribution in [0, 0.1) is 0 Å². The van der Waals surface area contributed by atoms with Gasteiger partial charge in [0.15, 0.2) is 0 Å². The Kier molecular flexibility index (Phi) is 11.1. The van der Waals surface area contributed by atoms with E-state index >= 15 is 0 Å². The molecule has 0 aliphatic heterocycles. The number of para-hydroxylation sites is 4. The summed E-state index contributed by atoms with van der Waals surface area (Å²) in [6, 6.07) is 75.2. The van der Waals surface area contributed by atoms with E-state index in [1.165, 1.54) is 0 Å². The zero-order chi connectivity index (χ0) is 37.8. The lowest BCUT2D eigenvalue weighted by Crippen LogP contribution is -2.09. The van der Waals surface area contributed by atoms with E-state index in [1.54, 1.807) is 0 Å². The quantitative estimate of drug-likeness (QED) is 0.0929. The van der Waals surface area contributed by atoms with Crippen molar-refractivity contribution in [2.24, 2.45) is 9.98 Å². The minimum atomic E-state index is 0.906. The van der Waals surface area contributed by atoms with Gasteiger partial charge in [0.05, 0.1) is 11.4 Å². The molecule has 4 nitrogen and oxygen atoms in total. The molecule has 0 radical (unpaired) electrons. The molecule has 0 heterocycles. The fourth-order valence-electron chi connectivity index (χ4n) is 6.46. The number of hydrogen-bond donors (Lipinski definition) is 0. The number of anilines is 6. The van der Waals surface area contributed by atoms with Crippen LogP contribution < -0.4 is 9.80 Å². The van der Waals surface area contributed by atoms with E-state index in [1.807, 2.05) is 61.0 Å². The monoisotopic (exact) mass is 720 g/mol. The fourth-order valence-corrected chi connectivity index (χ4v) is 6.46. The highest BCUT2D eigenvalue weighted by atomic mass is 15.1. The molecule has 0 N–H and O–H groups in total. The lowest BCUT2D eigenvalue weighted by molar-refractivity contribution is 1.28. The Morgan fingerprint density at radius 1 is 0.250 bits per heavy atom. The van der Waals surface area contributed by atoms with Gasteiger partial charge in [-0.15, -0.1) is 0 Å². The van der Waals surface area contributed by atoms with E-state index in [0.29, 0.717) is 0 Å². The molecule has 0 aliphatic rings. The summed E-state index contributed by atoms with van der Waals surface area (Å²) in [4.78, 5) is 14.0. The predicted molar refractivity (Wildman–Crippen MR) is 239 cm³/mol. The highest BCUT2D eigenvalue weighted by Crippen LogP contribution is 2.35. The highest BCUT2D eigenvalue weighted by molar-refractivity contribution is 5.86. The van der Waals surface area contributed by atoms with Gasteiger partial charge in [-0.3, -0.25) is 9.98 Å². The Morgan fingerprint density at radius 2 is 0.500 bits per heavy atom. The smallest absolute Gasteiger partial charge is 0.0630 e. The maximum atomic E-state index is 4.73. The third-order valence-electron chi connectivity index (χ3n) is 9.34. The van der Waals surface area contributed by atoms with Crippen LogP contribution in [-0.4, -0.2) is 12.4 Å². The van der Waals surface area contributed by atoms with Gasteiger partial charge in [-0.05, 0) is 119 Å². The van der Waals surface area contributed by atoms with Crippen molar-refractivity contribution in [2.75, 3.05) is 9.80 Å². The van der Waals surface area contributed by atoms with Crippen molar-refractivity contribution in [3.8, 4) is 0 Å². The molecule has 0 spiro atoms. The van der Waals surface area contributed by atoms with Gasteiger partial charge in [0.2, 0.25) is 0 Å². The molecule has 0 aliphatic carbocycles. The van der Waals surface area contributed by atoms with Crippen LogP contribution in [0.2, 0.25) is 0 Å². The summed E-state index contributed by atoms with van der Waals surface area (Å²) in [7, 11) is 0. The molecule has 0 saturated heterocycles. The van der Waals surface area contributed by atoms with E-state index in [4.69, 9.17) is 9.98 Å². The molecule has 56 heavy (non-hydrogen) atoms. The van der Waals surface area contributed by atoms with Gasteiger partial charge in [-0.25, -0.2) is 0 Å². The zero-order valence-corrected chi connectivity index (χ0v) is 30.9. The second-order valence-corrected chi connectivity index (χ2v) is 13.2. The Bertz CT molecular complexity index is 2250. The standard InChI is InChI=1S/C52H40N4/c1-5-13-47(14-6-1)55(48-15-7-2-8-16-48)51-35-27-43(28-36-51)39-53-45-31-23-41(24-32-45)21-22-42-25-33-46(34-26-42)54-40-44-29-37-52(38-30-44)56(49-17-9-3-10-18-49)50-19-11-4-12-20-50/h1-40H. The van der Waals surface area contributed by atoms with Crippen LogP contribution in [0.3, 0.4) is 0 Å². The van der Waals surface area contributed by atoms with Gasteiger partial charge in [0.25, 0.3) is 0 Å². The van der Waals surface area contributed by atoms with Crippen molar-refractivity contribution < 1.29 is 0 Å². The molecule has 8 aromatic carbocycles. The third-order valence-corrected chi connectivity index (χ3v) is 9.34. The molecule has 0 fully saturated rings. The summed E-state index contributed by atoms with van der Waals surface area (Å²) >= 11 is 0. The molecular formula is C52H40N4. The predicted octanol–water partition coefficient (Wildman–Crippen LogP) is 14.3. The van der Waals surface area contributed by atoms with Crippen molar-refractivity contribution >= 4 is 70.1 Å². The van der Waals surface area contributed by atoms with E-state index < -0.39 is 0 Å². The molecule has 268 valence electrons. The second kappa shape index (κ2) is 17.5. The normalized spacial score (nSPS) is 11.4. The van der Waals surface area contributed by atoms with Gasteiger partial charge in [-0.1, -0.05) is 133 Å². The first-order valence-electron chi connectivity index (χ1n) is 18.7. The summed E-state index contributed by atoms with van der Waals surface area (Å²) in [5.41, 5.74) is 12.8. The molecular weight excluding hydrogens is 681 g/mol. The molecule has 0 aromatic heterocycles. The van der Waals surface area contributed by atoms with Crippen LogP contribution >= 0.6 is 0 Å². The highest BCUT2D eigenvalue weighted by Gasteiger charge is 2.12. The number of benzene rings is 8. The van der Waals surface area contributed by atoms with Crippen LogP contribution in [-0.2, 0) is 0 Å². The topological polar surface area (TPSA) is 31.2 Å². The van der Waals surface area contributed by atoms with Gasteiger partial charge in [0.1, 0.15) is 0 Å². The van der Waals surface area contributed by atoms with Gasteiger partial charge < -0.3 is 9.80 Å². The van der Waals surface area contributed by atoms with Gasteiger partial charge in [-0.2, -0.15) is 0 Å². The number of hydrogen-bond acceptors (Lipinski definition) is 4. The SMILES string of the molecule is C(=Cc1ccc(N=Cc2ccc(N(c3ccccc3)c3ccccc3)cc2)cc1)c1ccc(N=Cc2ccc(N(c3ccccc3)c3ccccc3)cc2)cc1. The van der Waals surface area contributed by atoms with Crippen molar-refractivity contribution in [1.82, 2.24) is 0 Å². The molecule has 0 bridgehead atoms. The first-order valence-corrected chi connectivity index (χ1v) is 18.7. The lowest BCUT2D eigenvalue weighted by Gasteiger charge is -2.25. The third kappa shape index (κ3) is 8.96. The Hall–Kier alpha value is -7.56. The molecule has 0 saturated carbocycles. The summed E-state index contributed by atoms with van der Waals surface area (Å²) < 4.78 is 0. The molecule has 0 atom stereocenters. The number of rotatable bonds is 12. The maximum Gasteiger partial charge on any atom is 0.0630 e. The lowest BCUT2D eigenvalue weighted by atomic mass is 10.1. The number of aliphatic imine (C=N–C) groups is 2. The zero-order valence-electron chi connectivity index (χ0n) is 30.9. The Labute approximate surface area is 329 Å². The molecule has 0 unspecified atom stereocenters. The van der Waals surface area contributed by atoms with Crippen molar-refractivity contribution in [2.45, 2.75) is 0 Å². The minimum absolute atomic E-state index is 0.906. The van der Waals surface area contributed by atoms with E-state index in [0.717, 1.165) is 67.8 Å². The average molecular weight is 721 g/mol. The molecule has 8 aromatic rings. The second-order valence-electron chi connectivity index (χ2n) is 13.2. The average Bonchev–Trinajstić information content (AvgIpc) is 3.27. The van der Waals surface area contributed by atoms with E-state index in [-0.39, 0.29) is 0 Å². The molecule has 0 amide bonds. The van der Waals surface area contributed by atoms with Crippen LogP contribution in [0.15, 0.2) is 228 Å².